The summed E-state index contributed by atoms with van der Waals surface area (Å²) in [6.45, 7) is 6.13. The van der Waals surface area contributed by atoms with Crippen molar-refractivity contribution in [2.24, 2.45) is 4.99 Å². The average molecular weight is 350 g/mol. The second-order valence-corrected chi connectivity index (χ2v) is 7.92. The van der Waals surface area contributed by atoms with E-state index >= 15 is 0 Å². The van der Waals surface area contributed by atoms with Gasteiger partial charge in [-0.25, -0.2) is 8.42 Å². The minimum Gasteiger partial charge on any atom is -0.337 e. The van der Waals surface area contributed by atoms with Gasteiger partial charge in [0, 0.05) is 37.7 Å². The van der Waals surface area contributed by atoms with Gasteiger partial charge in [-0.3, -0.25) is 14.5 Å². The van der Waals surface area contributed by atoms with Crippen LogP contribution in [0.15, 0.2) is 34.2 Å². The lowest BCUT2D eigenvalue weighted by atomic mass is 10.1. The fourth-order valence-corrected chi connectivity index (χ4v) is 4.32. The molecule has 0 radical (unpaired) electrons. The van der Waals surface area contributed by atoms with Crippen LogP contribution in [0.2, 0.25) is 0 Å². The van der Waals surface area contributed by atoms with E-state index in [0.29, 0.717) is 17.9 Å². The number of fused-ring (bicyclic) bond motifs is 1. The summed E-state index contributed by atoms with van der Waals surface area (Å²) in [5.74, 6) is 0.370. The minimum absolute atomic E-state index is 0.0509. The maximum Gasteiger partial charge on any atom is 0.263 e. The molecule has 0 aliphatic carbocycles. The van der Waals surface area contributed by atoms with Crippen LogP contribution in [0.25, 0.3) is 0 Å². The molecule has 130 valence electrons. The Morgan fingerprint density at radius 1 is 1.42 bits per heavy atom. The molecule has 1 unspecified atom stereocenters. The summed E-state index contributed by atoms with van der Waals surface area (Å²) in [5.41, 5.74) is 0.562. The summed E-state index contributed by atoms with van der Waals surface area (Å²) in [7, 11) is -3.54. The molecular weight excluding hydrogens is 328 g/mol. The van der Waals surface area contributed by atoms with Gasteiger partial charge in [-0.1, -0.05) is 12.1 Å². The maximum absolute atomic E-state index is 12.5. The lowest BCUT2D eigenvalue weighted by molar-refractivity contribution is -0.134. The number of aliphatic imine (C=N–C) groups is 1. The zero-order chi connectivity index (χ0) is 17.3. The van der Waals surface area contributed by atoms with Gasteiger partial charge in [-0.2, -0.15) is 0 Å². The van der Waals surface area contributed by atoms with Gasteiger partial charge in [-0.05, 0) is 26.0 Å². The molecule has 1 amide bonds. The molecule has 1 saturated heterocycles. The van der Waals surface area contributed by atoms with Gasteiger partial charge in [0.1, 0.15) is 5.84 Å². The number of nitrogens with zero attached hydrogens (tertiary/aromatic N) is 2. The third kappa shape index (κ3) is 3.29. The van der Waals surface area contributed by atoms with Crippen molar-refractivity contribution in [2.45, 2.75) is 37.2 Å². The first kappa shape index (κ1) is 16.9. The molecule has 1 aromatic rings. The number of amides is 1. The second kappa shape index (κ2) is 6.52. The van der Waals surface area contributed by atoms with Crippen molar-refractivity contribution < 1.29 is 13.2 Å². The number of hydrogen-bond donors (Lipinski definition) is 2. The Kier molecular flexibility index (Phi) is 4.60. The largest absolute Gasteiger partial charge is 0.337 e. The summed E-state index contributed by atoms with van der Waals surface area (Å²) in [4.78, 5) is 19.0. The van der Waals surface area contributed by atoms with Crippen molar-refractivity contribution in [1.29, 1.82) is 0 Å². The highest BCUT2D eigenvalue weighted by Crippen LogP contribution is 2.23. The van der Waals surface area contributed by atoms with Gasteiger partial charge in [0.2, 0.25) is 5.91 Å². The van der Waals surface area contributed by atoms with Crippen molar-refractivity contribution >= 4 is 21.8 Å². The molecule has 3 rings (SSSR count). The van der Waals surface area contributed by atoms with Crippen LogP contribution in [0, 0.1) is 0 Å². The number of hydrogen-bond acceptors (Lipinski definition) is 5. The first-order valence-electron chi connectivity index (χ1n) is 8.08. The Bertz CT molecular complexity index is 775. The third-order valence-corrected chi connectivity index (χ3v) is 5.70. The van der Waals surface area contributed by atoms with E-state index in [4.69, 9.17) is 0 Å². The third-order valence-electron chi connectivity index (χ3n) is 4.30. The van der Waals surface area contributed by atoms with Crippen LogP contribution in [-0.4, -0.2) is 56.8 Å². The topological polar surface area (TPSA) is 90.9 Å². The van der Waals surface area contributed by atoms with Crippen LogP contribution in [0.3, 0.4) is 0 Å². The standard InChI is InChI=1S/C16H22N4O3S/c1-11(9-15(21)20-8-7-17-10-12(20)2)18-16-13-5-3-4-6-14(13)24(22,23)19-16/h3-6,11-12,17H,7-10H2,1-2H3,(H,18,19)/t11?,12-/m1/s1. The van der Waals surface area contributed by atoms with Gasteiger partial charge in [0.05, 0.1) is 10.9 Å². The molecule has 1 aromatic carbocycles. The van der Waals surface area contributed by atoms with Crippen molar-refractivity contribution in [3.8, 4) is 0 Å². The van der Waals surface area contributed by atoms with E-state index in [-0.39, 0.29) is 29.3 Å². The fourth-order valence-electron chi connectivity index (χ4n) is 3.08. The number of rotatable bonds is 3. The highest BCUT2D eigenvalue weighted by Gasteiger charge is 2.31. The molecule has 1 fully saturated rings. The van der Waals surface area contributed by atoms with Gasteiger partial charge < -0.3 is 10.2 Å². The minimum atomic E-state index is -3.54. The lowest BCUT2D eigenvalue weighted by Crippen LogP contribution is -2.52. The van der Waals surface area contributed by atoms with Gasteiger partial charge in [0.25, 0.3) is 10.0 Å². The molecule has 2 aliphatic rings. The van der Waals surface area contributed by atoms with E-state index in [1.165, 1.54) is 0 Å². The SMILES string of the molecule is CC(CC(=O)N1CCNC[C@H]1C)N=C1NS(=O)(=O)c2ccccc21. The molecule has 7 nitrogen and oxygen atoms in total. The van der Waals surface area contributed by atoms with E-state index in [1.54, 1.807) is 24.3 Å². The van der Waals surface area contributed by atoms with Crippen LogP contribution >= 0.6 is 0 Å². The molecule has 2 N–H and O–H groups in total. The molecular formula is C16H22N4O3S. The summed E-state index contributed by atoms with van der Waals surface area (Å²) in [6.07, 6.45) is 0.262. The smallest absolute Gasteiger partial charge is 0.263 e. The summed E-state index contributed by atoms with van der Waals surface area (Å²) in [6, 6.07) is 6.59. The zero-order valence-corrected chi connectivity index (χ0v) is 14.6. The van der Waals surface area contributed by atoms with Crippen LogP contribution in [0.4, 0.5) is 0 Å². The Balaban J connectivity index is 1.74. The number of piperazine rings is 1. The predicted molar refractivity (Wildman–Crippen MR) is 91.4 cm³/mol. The fraction of sp³-hybridized carbons (Fsp3) is 0.500. The zero-order valence-electron chi connectivity index (χ0n) is 13.8. The Morgan fingerprint density at radius 3 is 2.92 bits per heavy atom. The number of sulfonamides is 1. The first-order chi connectivity index (χ1) is 11.4. The molecule has 8 heteroatoms. The van der Waals surface area contributed by atoms with Crippen LogP contribution < -0.4 is 10.0 Å². The first-order valence-corrected chi connectivity index (χ1v) is 9.57. The number of nitrogens with one attached hydrogen (secondary N) is 2. The molecule has 2 aliphatic heterocycles. The number of benzene rings is 1. The van der Waals surface area contributed by atoms with E-state index in [9.17, 15) is 13.2 Å². The Labute approximate surface area is 142 Å². The molecule has 2 heterocycles. The summed E-state index contributed by atoms with van der Waals surface area (Å²) < 4.78 is 26.6. The van der Waals surface area contributed by atoms with Crippen LogP contribution in [0.1, 0.15) is 25.8 Å². The maximum atomic E-state index is 12.5. The van der Waals surface area contributed by atoms with E-state index in [2.05, 4.69) is 15.0 Å². The second-order valence-electron chi connectivity index (χ2n) is 6.27. The van der Waals surface area contributed by atoms with Crippen molar-refractivity contribution in [3.63, 3.8) is 0 Å². The molecule has 24 heavy (non-hydrogen) atoms. The highest BCUT2D eigenvalue weighted by atomic mass is 32.2. The average Bonchev–Trinajstić information content (AvgIpc) is 2.79. The predicted octanol–water partition coefficient (Wildman–Crippen LogP) is 0.324. The monoisotopic (exact) mass is 350 g/mol. The van der Waals surface area contributed by atoms with Gasteiger partial charge >= 0.3 is 0 Å². The van der Waals surface area contributed by atoms with Gasteiger partial charge in [-0.15, -0.1) is 0 Å². The summed E-state index contributed by atoms with van der Waals surface area (Å²) in [5, 5.41) is 3.25. The van der Waals surface area contributed by atoms with E-state index < -0.39 is 10.0 Å². The molecule has 2 atom stereocenters. The van der Waals surface area contributed by atoms with Crippen LogP contribution in [-0.2, 0) is 14.8 Å². The van der Waals surface area contributed by atoms with Crippen molar-refractivity contribution in [2.75, 3.05) is 19.6 Å². The molecule has 0 aromatic heterocycles. The summed E-state index contributed by atoms with van der Waals surface area (Å²) >= 11 is 0. The number of carbonyl (C=O) groups is 1. The highest BCUT2D eigenvalue weighted by molar-refractivity contribution is 7.90. The van der Waals surface area contributed by atoms with Crippen LogP contribution in [0.5, 0.6) is 0 Å². The Hall–Kier alpha value is -1.93. The van der Waals surface area contributed by atoms with E-state index in [1.807, 2.05) is 18.7 Å². The van der Waals surface area contributed by atoms with Crippen molar-refractivity contribution in [3.05, 3.63) is 29.8 Å². The normalized spacial score (nSPS) is 25.2. The van der Waals surface area contributed by atoms with E-state index in [0.717, 1.165) is 13.1 Å². The lowest BCUT2D eigenvalue weighted by Gasteiger charge is -2.34. The quantitative estimate of drug-likeness (QED) is 0.822. The molecule has 0 saturated carbocycles. The Morgan fingerprint density at radius 2 is 2.17 bits per heavy atom. The number of carbonyl (C=O) groups excluding carboxylic acids is 1. The number of amidine groups is 1. The van der Waals surface area contributed by atoms with Gasteiger partial charge in [0.15, 0.2) is 0 Å². The molecule has 0 bridgehead atoms. The van der Waals surface area contributed by atoms with Crippen molar-refractivity contribution in [1.82, 2.24) is 14.9 Å². The molecule has 0 spiro atoms.